The first-order chi connectivity index (χ1) is 37.3. The van der Waals surface area contributed by atoms with Crippen LogP contribution in [0.5, 0.6) is 34.5 Å². The number of ether oxygens (including phenoxy) is 7. The molecule has 0 aromatic heterocycles. The second kappa shape index (κ2) is 26.5. The topological polar surface area (TPSA) is 102 Å². The smallest absolute Gasteiger partial charge is 0.316 e. The SMILES string of the molecule is C[N+]1(Cc2cc(OCc3cc(OCc4ccccc4)cc(OCc4ccccc4)c3)cc(OCc3cc(OCc4ccccc4)cc(OCc4ccccc4)c3)c2)[C@@H]2CC[C@H]1CC(OC(=O)C(CO)c1ccccc1)C2.[Br-]. The number of fused-ring (bicyclic) bond motifs is 2. The standard InChI is InChI=1S/C66H66NO9.BrH/c1-67(56-27-28-57(67)36-64(35-56)76-66(69)65(41-68)55-25-15-6-16-26-55)40-52-29-58(74-46-53-31-60(70-42-48-17-7-2-8-18-48)38-61(32-53)71-43-49-19-9-3-10-20-49)37-59(30-52)75-47-54-33-62(72-44-50-21-11-4-12-22-50)39-63(34-54)73-45-51-23-13-5-14-24-51;/h2-26,29-34,37-39,56-57,64-65,68H,27-28,35-36,40-47H2,1H3;1H/q+1;/p-1/t56-,57+,64?,65?,67?;. The Bertz CT molecular complexity index is 2820. The van der Waals surface area contributed by atoms with E-state index in [0.717, 1.165) is 81.2 Å². The Hall–Kier alpha value is -7.57. The number of esters is 1. The quantitative estimate of drug-likeness (QED) is 0.0468. The van der Waals surface area contributed by atoms with Crippen LogP contribution in [0.4, 0.5) is 0 Å². The van der Waals surface area contributed by atoms with Crippen molar-refractivity contribution in [2.75, 3.05) is 13.7 Å². The molecular formula is C66H66BrNO9. The van der Waals surface area contributed by atoms with Gasteiger partial charge in [-0.2, -0.15) is 0 Å². The zero-order valence-corrected chi connectivity index (χ0v) is 45.0. The zero-order chi connectivity index (χ0) is 51.9. The van der Waals surface area contributed by atoms with E-state index in [2.05, 4.69) is 19.2 Å². The lowest BCUT2D eigenvalue weighted by atomic mass is 9.94. The number of carbonyl (C=O) groups is 1. The third-order valence-corrected chi connectivity index (χ3v) is 14.7. The molecule has 2 bridgehead atoms. The van der Waals surface area contributed by atoms with Crippen LogP contribution in [0.15, 0.2) is 206 Å². The van der Waals surface area contributed by atoms with E-state index in [1.165, 1.54) is 0 Å². The van der Waals surface area contributed by atoms with Gasteiger partial charge in [0.1, 0.15) is 92.7 Å². The van der Waals surface area contributed by atoms with E-state index in [0.29, 0.717) is 60.9 Å². The van der Waals surface area contributed by atoms with Crippen molar-refractivity contribution < 1.29 is 64.5 Å². The first-order valence-electron chi connectivity index (χ1n) is 26.4. The van der Waals surface area contributed by atoms with E-state index >= 15 is 0 Å². The Labute approximate surface area is 463 Å². The van der Waals surface area contributed by atoms with Crippen LogP contribution < -0.4 is 45.4 Å². The minimum atomic E-state index is -0.710. The highest BCUT2D eigenvalue weighted by molar-refractivity contribution is 5.78. The Morgan fingerprint density at radius 2 is 0.740 bits per heavy atom. The van der Waals surface area contributed by atoms with Crippen molar-refractivity contribution in [1.82, 2.24) is 0 Å². The van der Waals surface area contributed by atoms with Gasteiger partial charge < -0.3 is 59.7 Å². The van der Waals surface area contributed by atoms with Gasteiger partial charge in [0.05, 0.1) is 25.7 Å². The minimum absolute atomic E-state index is 0. The minimum Gasteiger partial charge on any atom is -1.00 e. The molecule has 3 unspecified atom stereocenters. The van der Waals surface area contributed by atoms with Crippen molar-refractivity contribution in [1.29, 1.82) is 0 Å². The monoisotopic (exact) mass is 1100 g/mol. The van der Waals surface area contributed by atoms with E-state index in [4.69, 9.17) is 33.2 Å². The first kappa shape index (κ1) is 54.2. The fraction of sp³-hybridized carbons (Fsp3) is 0.258. The Kier molecular flexibility index (Phi) is 18.6. The molecule has 2 fully saturated rings. The number of hydrogen-bond acceptors (Lipinski definition) is 9. The average molecular weight is 1100 g/mol. The summed E-state index contributed by atoms with van der Waals surface area (Å²) in [5.41, 5.74) is 7.88. The summed E-state index contributed by atoms with van der Waals surface area (Å²) in [5, 5.41) is 10.2. The summed E-state index contributed by atoms with van der Waals surface area (Å²) in [4.78, 5) is 13.5. The molecule has 2 heterocycles. The van der Waals surface area contributed by atoms with Gasteiger partial charge in [-0.25, -0.2) is 0 Å². The van der Waals surface area contributed by atoms with Gasteiger partial charge in [-0.1, -0.05) is 152 Å². The molecule has 396 valence electrons. The molecule has 2 aliphatic rings. The number of halogens is 1. The van der Waals surface area contributed by atoms with E-state index in [1.54, 1.807) is 0 Å². The van der Waals surface area contributed by atoms with Crippen LogP contribution in [0.25, 0.3) is 0 Å². The molecule has 0 radical (unpaired) electrons. The van der Waals surface area contributed by atoms with Gasteiger partial charge in [0.25, 0.3) is 0 Å². The molecule has 8 aromatic rings. The second-order valence-corrected chi connectivity index (χ2v) is 20.2. The molecule has 0 aliphatic carbocycles. The van der Waals surface area contributed by atoms with Gasteiger partial charge in [-0.15, -0.1) is 0 Å². The predicted octanol–water partition coefficient (Wildman–Crippen LogP) is 10.1. The summed E-state index contributed by atoms with van der Waals surface area (Å²) >= 11 is 0. The molecule has 0 amide bonds. The summed E-state index contributed by atoms with van der Waals surface area (Å²) in [6.07, 6.45) is 3.35. The maximum atomic E-state index is 13.5. The van der Waals surface area contributed by atoms with Crippen molar-refractivity contribution in [3.63, 3.8) is 0 Å². The number of piperidine rings is 1. The van der Waals surface area contributed by atoms with Crippen LogP contribution >= 0.6 is 0 Å². The number of aliphatic hydroxyl groups is 1. The highest BCUT2D eigenvalue weighted by Gasteiger charge is 2.52. The maximum Gasteiger partial charge on any atom is 0.316 e. The lowest BCUT2D eigenvalue weighted by Gasteiger charge is -2.47. The molecule has 2 aliphatic heterocycles. The number of benzene rings is 8. The summed E-state index contributed by atoms with van der Waals surface area (Å²) in [7, 11) is 2.34. The van der Waals surface area contributed by atoms with Gasteiger partial charge >= 0.3 is 5.97 Å². The first-order valence-corrected chi connectivity index (χ1v) is 26.4. The molecule has 10 rings (SSSR count). The molecule has 5 atom stereocenters. The third kappa shape index (κ3) is 14.9. The molecule has 11 heteroatoms. The number of quaternary nitrogens is 1. The van der Waals surface area contributed by atoms with Gasteiger partial charge in [0.15, 0.2) is 0 Å². The lowest BCUT2D eigenvalue weighted by molar-refractivity contribution is -0.961. The van der Waals surface area contributed by atoms with E-state index in [-0.39, 0.29) is 61.0 Å². The zero-order valence-electron chi connectivity index (χ0n) is 43.5. The Morgan fingerprint density at radius 1 is 0.442 bits per heavy atom. The predicted molar refractivity (Wildman–Crippen MR) is 293 cm³/mol. The van der Waals surface area contributed by atoms with Gasteiger partial charge in [0.2, 0.25) is 0 Å². The largest absolute Gasteiger partial charge is 1.00 e. The summed E-state index contributed by atoms with van der Waals surface area (Å²) < 4.78 is 45.9. The molecule has 0 spiro atoms. The fourth-order valence-corrected chi connectivity index (χ4v) is 10.6. The van der Waals surface area contributed by atoms with Crippen LogP contribution in [-0.2, 0) is 55.7 Å². The molecule has 10 nitrogen and oxygen atoms in total. The van der Waals surface area contributed by atoms with Crippen LogP contribution in [0, 0.1) is 0 Å². The molecule has 8 aromatic carbocycles. The molecule has 77 heavy (non-hydrogen) atoms. The maximum absolute atomic E-state index is 13.5. The number of aliphatic hydroxyl groups excluding tert-OH is 1. The van der Waals surface area contributed by atoms with Crippen LogP contribution in [0.1, 0.15) is 76.1 Å². The number of carbonyl (C=O) groups excluding carboxylic acids is 1. The van der Waals surface area contributed by atoms with E-state index in [1.807, 2.05) is 194 Å². The Morgan fingerprint density at radius 3 is 1.06 bits per heavy atom. The molecule has 2 saturated heterocycles. The average Bonchev–Trinajstić information content (AvgIpc) is 3.70. The fourth-order valence-electron chi connectivity index (χ4n) is 10.6. The van der Waals surface area contributed by atoms with E-state index < -0.39 is 5.92 Å². The second-order valence-electron chi connectivity index (χ2n) is 20.2. The number of hydrogen-bond donors (Lipinski definition) is 1. The van der Waals surface area contributed by atoms with Crippen molar-refractivity contribution >= 4 is 5.97 Å². The van der Waals surface area contributed by atoms with Gasteiger partial charge in [0, 0.05) is 49.4 Å². The Balaban J connectivity index is 0.00000722. The van der Waals surface area contributed by atoms with Crippen molar-refractivity contribution in [3.05, 3.63) is 251 Å². The van der Waals surface area contributed by atoms with Crippen LogP contribution in [-0.4, -0.2) is 47.4 Å². The third-order valence-electron chi connectivity index (χ3n) is 14.7. The van der Waals surface area contributed by atoms with Crippen molar-refractivity contribution in [2.24, 2.45) is 0 Å². The van der Waals surface area contributed by atoms with Gasteiger partial charge in [-0.3, -0.25) is 4.79 Å². The number of rotatable bonds is 24. The van der Waals surface area contributed by atoms with Crippen LogP contribution in [0.2, 0.25) is 0 Å². The summed E-state index contributed by atoms with van der Waals surface area (Å²) in [6.45, 7) is 2.57. The molecular weight excluding hydrogens is 1030 g/mol. The summed E-state index contributed by atoms with van der Waals surface area (Å²) in [6, 6.07) is 68.5. The van der Waals surface area contributed by atoms with Gasteiger partial charge in [-0.05, 0) is 75.3 Å². The summed E-state index contributed by atoms with van der Waals surface area (Å²) in [5.74, 6) is 2.98. The van der Waals surface area contributed by atoms with Crippen molar-refractivity contribution in [3.8, 4) is 34.5 Å². The molecule has 1 N–H and O–H groups in total. The number of nitrogens with zero attached hydrogens (tertiary/aromatic N) is 1. The lowest BCUT2D eigenvalue weighted by Crippen LogP contribution is -3.00. The highest BCUT2D eigenvalue weighted by Crippen LogP contribution is 2.44. The normalized spacial score (nSPS) is 17.8. The highest BCUT2D eigenvalue weighted by atomic mass is 79.9. The molecule has 0 saturated carbocycles. The van der Waals surface area contributed by atoms with Crippen LogP contribution in [0.3, 0.4) is 0 Å². The van der Waals surface area contributed by atoms with E-state index in [9.17, 15) is 9.90 Å². The van der Waals surface area contributed by atoms with Crippen molar-refractivity contribution in [2.45, 2.75) is 96.0 Å².